The fourth-order valence-electron chi connectivity index (χ4n) is 2.79. The molecule has 1 aliphatic heterocycles. The van der Waals surface area contributed by atoms with Crippen molar-refractivity contribution >= 4 is 11.5 Å². The lowest BCUT2D eigenvalue weighted by atomic mass is 9.86. The molecule has 2 aromatic carbocycles. The average Bonchev–Trinajstić information content (AvgIpc) is 2.53. The SMILES string of the molecule is CC(C)C1=C(c2ccccc2)c2cc(C(=O)O)ccc2OC1. The van der Waals surface area contributed by atoms with Gasteiger partial charge in [0.05, 0.1) is 5.56 Å². The number of carbonyl (C=O) groups is 1. The van der Waals surface area contributed by atoms with Gasteiger partial charge in [0.1, 0.15) is 12.4 Å². The molecule has 3 nitrogen and oxygen atoms in total. The van der Waals surface area contributed by atoms with Gasteiger partial charge in [-0.3, -0.25) is 0 Å². The molecule has 1 N–H and O–H groups in total. The Morgan fingerprint density at radius 3 is 2.50 bits per heavy atom. The van der Waals surface area contributed by atoms with Crippen molar-refractivity contribution in [2.45, 2.75) is 13.8 Å². The van der Waals surface area contributed by atoms with Gasteiger partial charge >= 0.3 is 5.97 Å². The fourth-order valence-corrected chi connectivity index (χ4v) is 2.79. The Morgan fingerprint density at radius 2 is 1.86 bits per heavy atom. The van der Waals surface area contributed by atoms with E-state index in [1.807, 2.05) is 18.2 Å². The number of rotatable bonds is 3. The summed E-state index contributed by atoms with van der Waals surface area (Å²) >= 11 is 0. The topological polar surface area (TPSA) is 46.5 Å². The number of carboxylic acids is 1. The highest BCUT2D eigenvalue weighted by molar-refractivity contribution is 5.93. The molecule has 0 aromatic heterocycles. The average molecular weight is 294 g/mol. The third kappa shape index (κ3) is 2.50. The van der Waals surface area contributed by atoms with Gasteiger partial charge in [0.25, 0.3) is 0 Å². The lowest BCUT2D eigenvalue weighted by molar-refractivity contribution is 0.0697. The summed E-state index contributed by atoms with van der Waals surface area (Å²) in [7, 11) is 0. The highest BCUT2D eigenvalue weighted by Crippen LogP contribution is 2.40. The minimum Gasteiger partial charge on any atom is -0.489 e. The summed E-state index contributed by atoms with van der Waals surface area (Å²) in [6, 6.07) is 15.1. The first-order chi connectivity index (χ1) is 10.6. The van der Waals surface area contributed by atoms with E-state index in [1.165, 1.54) is 5.57 Å². The molecule has 0 bridgehead atoms. The Bertz CT molecular complexity index is 743. The van der Waals surface area contributed by atoms with Gasteiger partial charge in [-0.05, 0) is 40.8 Å². The summed E-state index contributed by atoms with van der Waals surface area (Å²) in [5.41, 5.74) is 4.53. The fraction of sp³-hybridized carbons (Fsp3) is 0.211. The largest absolute Gasteiger partial charge is 0.489 e. The molecule has 112 valence electrons. The number of hydrogen-bond donors (Lipinski definition) is 1. The molecule has 0 fully saturated rings. The lowest BCUT2D eigenvalue weighted by Gasteiger charge is -2.27. The van der Waals surface area contributed by atoms with Crippen LogP contribution in [0.15, 0.2) is 54.1 Å². The lowest BCUT2D eigenvalue weighted by Crippen LogP contribution is -2.16. The maximum atomic E-state index is 11.3. The van der Waals surface area contributed by atoms with Crippen molar-refractivity contribution < 1.29 is 14.6 Å². The maximum absolute atomic E-state index is 11.3. The van der Waals surface area contributed by atoms with E-state index in [0.717, 1.165) is 22.4 Å². The van der Waals surface area contributed by atoms with Crippen LogP contribution in [0.25, 0.3) is 5.57 Å². The Morgan fingerprint density at radius 1 is 1.14 bits per heavy atom. The Balaban J connectivity index is 2.26. The molecule has 1 aliphatic rings. The minimum absolute atomic E-state index is 0.279. The zero-order valence-corrected chi connectivity index (χ0v) is 12.7. The van der Waals surface area contributed by atoms with E-state index in [-0.39, 0.29) is 5.56 Å². The van der Waals surface area contributed by atoms with Crippen LogP contribution in [-0.2, 0) is 0 Å². The maximum Gasteiger partial charge on any atom is 0.335 e. The van der Waals surface area contributed by atoms with Gasteiger partial charge in [-0.15, -0.1) is 0 Å². The summed E-state index contributed by atoms with van der Waals surface area (Å²) in [4.78, 5) is 11.3. The molecular weight excluding hydrogens is 276 g/mol. The molecule has 0 spiro atoms. The number of carboxylic acid groups (broad SMARTS) is 1. The zero-order chi connectivity index (χ0) is 15.7. The van der Waals surface area contributed by atoms with Crippen LogP contribution >= 0.6 is 0 Å². The van der Waals surface area contributed by atoms with Crippen molar-refractivity contribution in [1.82, 2.24) is 0 Å². The molecule has 0 atom stereocenters. The second-order valence-corrected chi connectivity index (χ2v) is 5.73. The van der Waals surface area contributed by atoms with Crippen molar-refractivity contribution in [2.24, 2.45) is 5.92 Å². The first kappa shape index (κ1) is 14.4. The quantitative estimate of drug-likeness (QED) is 0.921. The first-order valence-electron chi connectivity index (χ1n) is 7.37. The zero-order valence-electron chi connectivity index (χ0n) is 12.7. The van der Waals surface area contributed by atoms with E-state index in [1.54, 1.807) is 18.2 Å². The Kier molecular flexibility index (Phi) is 3.72. The summed E-state index contributed by atoms with van der Waals surface area (Å²) in [5.74, 6) is 0.150. The molecule has 0 saturated carbocycles. The monoisotopic (exact) mass is 294 g/mol. The van der Waals surface area contributed by atoms with Gasteiger partial charge in [-0.1, -0.05) is 44.2 Å². The van der Waals surface area contributed by atoms with Gasteiger partial charge in [0, 0.05) is 5.56 Å². The van der Waals surface area contributed by atoms with Gasteiger partial charge in [0.2, 0.25) is 0 Å². The molecule has 0 radical (unpaired) electrons. The van der Waals surface area contributed by atoms with Crippen molar-refractivity contribution in [1.29, 1.82) is 0 Å². The van der Waals surface area contributed by atoms with Gasteiger partial charge in [0.15, 0.2) is 0 Å². The Labute approximate surface area is 129 Å². The molecule has 3 heteroatoms. The van der Waals surface area contributed by atoms with Crippen molar-refractivity contribution in [3.63, 3.8) is 0 Å². The molecule has 2 aromatic rings. The Hall–Kier alpha value is -2.55. The van der Waals surface area contributed by atoms with Crippen molar-refractivity contribution in [3.8, 4) is 5.75 Å². The van der Waals surface area contributed by atoms with E-state index in [4.69, 9.17) is 4.74 Å². The molecular formula is C19H18O3. The summed E-state index contributed by atoms with van der Waals surface area (Å²) < 4.78 is 5.83. The second kappa shape index (κ2) is 5.68. The second-order valence-electron chi connectivity index (χ2n) is 5.73. The molecule has 22 heavy (non-hydrogen) atoms. The van der Waals surface area contributed by atoms with Crippen LogP contribution in [0, 0.1) is 5.92 Å². The van der Waals surface area contributed by atoms with Crippen molar-refractivity contribution in [2.75, 3.05) is 6.61 Å². The summed E-state index contributed by atoms with van der Waals surface area (Å²) in [5, 5.41) is 9.26. The van der Waals surface area contributed by atoms with E-state index in [2.05, 4.69) is 26.0 Å². The standard InChI is InChI=1S/C19H18O3/c1-12(2)16-11-22-17-9-8-14(19(20)21)10-15(17)18(16)13-6-4-3-5-7-13/h3-10,12H,11H2,1-2H3,(H,20,21). The molecule has 0 aliphatic carbocycles. The van der Waals surface area contributed by atoms with Crippen LogP contribution in [-0.4, -0.2) is 17.7 Å². The first-order valence-corrected chi connectivity index (χ1v) is 7.37. The normalized spacial score (nSPS) is 13.8. The highest BCUT2D eigenvalue weighted by atomic mass is 16.5. The molecule has 3 rings (SSSR count). The van der Waals surface area contributed by atoms with Crippen molar-refractivity contribution in [3.05, 3.63) is 70.8 Å². The van der Waals surface area contributed by atoms with Crippen LogP contribution in [0.5, 0.6) is 5.75 Å². The van der Waals surface area contributed by atoms with E-state index in [9.17, 15) is 9.90 Å². The third-order valence-corrected chi connectivity index (χ3v) is 3.96. The van der Waals surface area contributed by atoms with Crippen LogP contribution in [0.4, 0.5) is 0 Å². The predicted octanol–water partition coefficient (Wildman–Crippen LogP) is 4.24. The van der Waals surface area contributed by atoms with Gasteiger partial charge in [-0.2, -0.15) is 0 Å². The molecule has 0 saturated heterocycles. The number of ether oxygens (including phenoxy) is 1. The minimum atomic E-state index is -0.924. The molecule has 1 heterocycles. The van der Waals surface area contributed by atoms with Crippen LogP contribution in [0.2, 0.25) is 0 Å². The van der Waals surface area contributed by atoms with Crippen LogP contribution < -0.4 is 4.74 Å². The summed E-state index contributed by atoms with van der Waals surface area (Å²) in [6.07, 6.45) is 0. The predicted molar refractivity (Wildman–Crippen MR) is 86.2 cm³/mol. The van der Waals surface area contributed by atoms with E-state index < -0.39 is 5.97 Å². The number of hydrogen-bond acceptors (Lipinski definition) is 2. The number of aromatic carboxylic acids is 1. The third-order valence-electron chi connectivity index (χ3n) is 3.96. The highest BCUT2D eigenvalue weighted by Gasteiger charge is 2.24. The summed E-state index contributed by atoms with van der Waals surface area (Å²) in [6.45, 7) is 4.81. The molecule has 0 amide bonds. The van der Waals surface area contributed by atoms with E-state index >= 15 is 0 Å². The van der Waals surface area contributed by atoms with Crippen LogP contribution in [0.3, 0.4) is 0 Å². The smallest absolute Gasteiger partial charge is 0.335 e. The molecule has 0 unspecified atom stereocenters. The van der Waals surface area contributed by atoms with E-state index in [0.29, 0.717) is 12.5 Å². The number of benzene rings is 2. The van der Waals surface area contributed by atoms with Gasteiger partial charge in [-0.25, -0.2) is 4.79 Å². The number of fused-ring (bicyclic) bond motifs is 1. The van der Waals surface area contributed by atoms with Gasteiger partial charge < -0.3 is 9.84 Å². The van der Waals surface area contributed by atoms with Crippen LogP contribution in [0.1, 0.15) is 35.3 Å².